The fourth-order valence-corrected chi connectivity index (χ4v) is 8.30. The highest BCUT2D eigenvalue weighted by atomic mass is 79.9. The number of amides is 2. The molecule has 2 amide bonds. The van der Waals surface area contributed by atoms with Crippen molar-refractivity contribution >= 4 is 39.5 Å². The molecule has 1 N–H and O–H groups in total. The highest BCUT2D eigenvalue weighted by molar-refractivity contribution is 9.10. The van der Waals surface area contributed by atoms with Gasteiger partial charge in [-0.2, -0.15) is 5.10 Å². The molecule has 0 radical (unpaired) electrons. The van der Waals surface area contributed by atoms with Crippen molar-refractivity contribution in [3.8, 4) is 5.75 Å². The van der Waals surface area contributed by atoms with Gasteiger partial charge in [-0.3, -0.25) is 14.4 Å². The Morgan fingerprint density at radius 1 is 1.07 bits per heavy atom. The summed E-state index contributed by atoms with van der Waals surface area (Å²) in [6.45, 7) is 4.63. The summed E-state index contributed by atoms with van der Waals surface area (Å²) in [6.07, 6.45) is 5.74. The summed E-state index contributed by atoms with van der Waals surface area (Å²) >= 11 is 3.77. The van der Waals surface area contributed by atoms with Crippen LogP contribution in [-0.4, -0.2) is 75.2 Å². The van der Waals surface area contributed by atoms with Crippen molar-refractivity contribution in [1.82, 2.24) is 20.0 Å². The van der Waals surface area contributed by atoms with Crippen LogP contribution in [-0.2, 0) is 22.6 Å². The monoisotopic (exact) mass is 687 g/mol. The molecule has 3 aromatic rings. The maximum Gasteiger partial charge on any atom is 0.307 e. The van der Waals surface area contributed by atoms with Crippen LogP contribution in [0.5, 0.6) is 5.75 Å². The van der Waals surface area contributed by atoms with Crippen LogP contribution in [0.15, 0.2) is 53.1 Å². The van der Waals surface area contributed by atoms with Crippen molar-refractivity contribution in [2.24, 2.45) is 11.8 Å². The minimum Gasteiger partial charge on any atom is -0.488 e. The molecule has 1 aromatic heterocycles. The number of aliphatic carboxylic acids is 1. The molecule has 2 unspecified atom stereocenters. The Kier molecular flexibility index (Phi) is 8.44. The van der Waals surface area contributed by atoms with Gasteiger partial charge in [0.1, 0.15) is 11.9 Å². The first-order valence-electron chi connectivity index (χ1n) is 16.2. The number of fused-ring (bicyclic) bond motifs is 2. The van der Waals surface area contributed by atoms with Crippen molar-refractivity contribution in [2.45, 2.75) is 64.1 Å². The van der Waals surface area contributed by atoms with Gasteiger partial charge >= 0.3 is 5.97 Å². The second-order valence-corrected chi connectivity index (χ2v) is 13.8. The second kappa shape index (κ2) is 12.7. The number of carbonyl (C=O) groups excluding carboxylic acids is 2. The number of carboxylic acid groups (broad SMARTS) is 1. The molecular weight excluding hydrogens is 650 g/mol. The van der Waals surface area contributed by atoms with Gasteiger partial charge in [-0.05, 0) is 67.1 Å². The lowest BCUT2D eigenvalue weighted by Gasteiger charge is -2.43. The topological polar surface area (TPSA) is 116 Å². The number of nitrogens with zero attached hydrogens (tertiary/aromatic N) is 5. The molecule has 1 saturated carbocycles. The van der Waals surface area contributed by atoms with E-state index >= 15 is 0 Å². The Morgan fingerprint density at radius 3 is 2.65 bits per heavy atom. The maximum absolute atomic E-state index is 14.4. The van der Waals surface area contributed by atoms with E-state index in [-0.39, 0.29) is 17.9 Å². The van der Waals surface area contributed by atoms with E-state index in [1.807, 2.05) is 59.2 Å². The van der Waals surface area contributed by atoms with Gasteiger partial charge in [-0.25, -0.2) is 0 Å². The minimum atomic E-state index is -0.909. The first kappa shape index (κ1) is 30.7. The number of rotatable bonds is 7. The average molecular weight is 689 g/mol. The normalized spacial score (nSPS) is 24.1. The molecule has 0 bridgehead atoms. The van der Waals surface area contributed by atoms with Crippen LogP contribution in [0.4, 0.5) is 5.82 Å². The molecule has 0 spiro atoms. The molecule has 7 rings (SSSR count). The largest absolute Gasteiger partial charge is 0.488 e. The van der Waals surface area contributed by atoms with Crippen molar-refractivity contribution in [1.29, 1.82) is 0 Å². The van der Waals surface area contributed by atoms with Gasteiger partial charge in [0, 0.05) is 48.2 Å². The summed E-state index contributed by atoms with van der Waals surface area (Å²) in [5.74, 6) is -0.863. The summed E-state index contributed by atoms with van der Waals surface area (Å²) in [5, 5.41) is 18.5. The smallest absolute Gasteiger partial charge is 0.307 e. The number of anilines is 1. The number of ether oxygens (including phenoxy) is 1. The van der Waals surface area contributed by atoms with Crippen LogP contribution >= 0.6 is 15.9 Å². The maximum atomic E-state index is 14.4. The SMILES string of the molecule is Cc1cnnc(N2CCC(Oc3ccc(Br)c4c3[C@@H](CN3Cc5ccccc5C3=O)N(C(=O)C3CCCC[C@H]3C(=O)O)CC4)C2)c1. The van der Waals surface area contributed by atoms with Gasteiger partial charge < -0.3 is 24.5 Å². The molecule has 1 saturated heterocycles. The molecule has 11 heteroatoms. The number of carboxylic acids is 1. The number of halogens is 1. The zero-order chi connectivity index (χ0) is 31.9. The van der Waals surface area contributed by atoms with Gasteiger partial charge in [0.15, 0.2) is 5.82 Å². The lowest BCUT2D eigenvalue weighted by atomic mass is 9.77. The molecule has 10 nitrogen and oxygen atoms in total. The van der Waals surface area contributed by atoms with Crippen LogP contribution in [0.2, 0.25) is 0 Å². The van der Waals surface area contributed by atoms with E-state index < -0.39 is 23.8 Å². The molecule has 4 atom stereocenters. The third-order valence-electron chi connectivity index (χ3n) is 10.1. The molecule has 4 aliphatic rings. The highest BCUT2D eigenvalue weighted by Gasteiger charge is 2.44. The van der Waals surface area contributed by atoms with Crippen LogP contribution in [0.25, 0.3) is 0 Å². The van der Waals surface area contributed by atoms with Crippen molar-refractivity contribution in [3.05, 3.63) is 81.0 Å². The van der Waals surface area contributed by atoms with E-state index in [2.05, 4.69) is 31.0 Å². The standard InChI is InChI=1S/C35H38BrN5O5/c1-21-16-31(38-37-17-21)39-14-12-23(19-39)46-30-11-10-28(36)27-13-15-41(34(43)25-8-4-5-9-26(25)35(44)45)29(32(27)30)20-40-18-22-6-2-3-7-24(22)33(40)42/h2-3,6-7,10-11,16-17,23,25-26,29H,4-5,8-9,12-15,18-20H2,1H3,(H,44,45)/t23?,25?,26-,29-/m1/s1. The van der Waals surface area contributed by atoms with Crippen LogP contribution in [0.3, 0.4) is 0 Å². The number of aromatic nitrogens is 2. The van der Waals surface area contributed by atoms with Gasteiger partial charge in [-0.1, -0.05) is 47.0 Å². The molecule has 46 heavy (non-hydrogen) atoms. The van der Waals surface area contributed by atoms with Crippen LogP contribution in [0, 0.1) is 18.8 Å². The number of hydrogen-bond donors (Lipinski definition) is 1. The van der Waals surface area contributed by atoms with Gasteiger partial charge in [0.25, 0.3) is 5.91 Å². The predicted octanol–water partition coefficient (Wildman–Crippen LogP) is 5.18. The van der Waals surface area contributed by atoms with Crippen molar-refractivity contribution in [2.75, 3.05) is 31.1 Å². The van der Waals surface area contributed by atoms with E-state index in [4.69, 9.17) is 4.74 Å². The third kappa shape index (κ3) is 5.74. The van der Waals surface area contributed by atoms with Crippen LogP contribution < -0.4 is 9.64 Å². The molecular formula is C35H38BrN5O5. The van der Waals surface area contributed by atoms with Crippen molar-refractivity contribution in [3.63, 3.8) is 0 Å². The van der Waals surface area contributed by atoms with Crippen LogP contribution in [0.1, 0.15) is 70.8 Å². The molecule has 3 aliphatic heterocycles. The number of hydrogen-bond acceptors (Lipinski definition) is 7. The Bertz CT molecular complexity index is 1680. The zero-order valence-electron chi connectivity index (χ0n) is 25.9. The summed E-state index contributed by atoms with van der Waals surface area (Å²) in [5.41, 5.74) is 4.66. The van der Waals surface area contributed by atoms with E-state index in [1.54, 1.807) is 6.20 Å². The third-order valence-corrected chi connectivity index (χ3v) is 10.8. The fourth-order valence-electron chi connectivity index (χ4n) is 7.76. The number of aryl methyl sites for hydroxylation is 1. The lowest BCUT2D eigenvalue weighted by Crippen LogP contribution is -2.50. The van der Waals surface area contributed by atoms with Gasteiger partial charge in [0.05, 0.1) is 30.6 Å². The average Bonchev–Trinajstić information content (AvgIpc) is 3.66. The Labute approximate surface area is 276 Å². The summed E-state index contributed by atoms with van der Waals surface area (Å²) in [7, 11) is 0. The van der Waals surface area contributed by atoms with Gasteiger partial charge in [-0.15, -0.1) is 5.10 Å². The minimum absolute atomic E-state index is 0.0561. The summed E-state index contributed by atoms with van der Waals surface area (Å²) < 4.78 is 7.72. The molecule has 2 aromatic carbocycles. The molecule has 4 heterocycles. The van der Waals surface area contributed by atoms with E-state index in [9.17, 15) is 19.5 Å². The first-order chi connectivity index (χ1) is 22.3. The van der Waals surface area contributed by atoms with Crippen molar-refractivity contribution < 1.29 is 24.2 Å². The fraction of sp³-hybridized carbons (Fsp3) is 0.457. The molecule has 240 valence electrons. The quantitative estimate of drug-likeness (QED) is 0.362. The van der Waals surface area contributed by atoms with E-state index in [0.29, 0.717) is 56.8 Å². The molecule has 2 fully saturated rings. The van der Waals surface area contributed by atoms with Gasteiger partial charge in [0.2, 0.25) is 5.91 Å². The highest BCUT2D eigenvalue weighted by Crippen LogP contribution is 2.44. The predicted molar refractivity (Wildman–Crippen MR) is 175 cm³/mol. The zero-order valence-corrected chi connectivity index (χ0v) is 27.5. The Hall–Kier alpha value is -3.99. The van der Waals surface area contributed by atoms with E-state index in [0.717, 1.165) is 58.4 Å². The Balaban J connectivity index is 1.23. The number of carbonyl (C=O) groups is 3. The first-order valence-corrected chi connectivity index (χ1v) is 17.0. The second-order valence-electron chi connectivity index (χ2n) is 13.0. The van der Waals surface area contributed by atoms with E-state index in [1.165, 1.54) is 0 Å². The summed E-state index contributed by atoms with van der Waals surface area (Å²) in [6, 6.07) is 13.1. The molecule has 1 aliphatic carbocycles. The number of benzene rings is 2. The summed E-state index contributed by atoms with van der Waals surface area (Å²) in [4.78, 5) is 46.1. The lowest BCUT2D eigenvalue weighted by molar-refractivity contribution is -0.153. The Morgan fingerprint density at radius 2 is 1.87 bits per heavy atom.